The minimum Gasteiger partial charge on any atom is -0.478 e. The van der Waals surface area contributed by atoms with Gasteiger partial charge in [0.2, 0.25) is 0 Å². The monoisotopic (exact) mass is 365 g/mol. The Labute approximate surface area is 148 Å². The van der Waals surface area contributed by atoms with Gasteiger partial charge in [0, 0.05) is 16.5 Å². The number of carboxylic acid groups (broad SMARTS) is 1. The lowest BCUT2D eigenvalue weighted by Gasteiger charge is -2.35. The molecule has 1 aliphatic heterocycles. The molecule has 0 spiro atoms. The van der Waals surface area contributed by atoms with Gasteiger partial charge in [-0.1, -0.05) is 35.3 Å². The molecule has 24 heavy (non-hydrogen) atoms. The van der Waals surface area contributed by atoms with Crippen molar-refractivity contribution in [2.24, 2.45) is 0 Å². The predicted octanol–water partition coefficient (Wildman–Crippen LogP) is 4.02. The second-order valence-electron chi connectivity index (χ2n) is 5.69. The Kier molecular flexibility index (Phi) is 4.15. The summed E-state index contributed by atoms with van der Waals surface area (Å²) in [6, 6.07) is 9.53. The SMILES string of the molecule is CC1(Cc2ccc(Cl)cc2Cl)Oc2c(cccc2C(=O)O)NC1=O. The summed E-state index contributed by atoms with van der Waals surface area (Å²) >= 11 is 12.1. The summed E-state index contributed by atoms with van der Waals surface area (Å²) in [6.45, 7) is 1.59. The third kappa shape index (κ3) is 2.92. The predicted molar refractivity (Wildman–Crippen MR) is 91.2 cm³/mol. The highest BCUT2D eigenvalue weighted by Crippen LogP contribution is 2.38. The lowest BCUT2D eigenvalue weighted by atomic mass is 9.93. The van der Waals surface area contributed by atoms with E-state index in [-0.39, 0.29) is 23.6 Å². The number of carbonyl (C=O) groups is 2. The van der Waals surface area contributed by atoms with Gasteiger partial charge < -0.3 is 15.2 Å². The Hall–Kier alpha value is -2.24. The molecule has 5 nitrogen and oxygen atoms in total. The van der Waals surface area contributed by atoms with Gasteiger partial charge in [0.1, 0.15) is 5.56 Å². The van der Waals surface area contributed by atoms with E-state index >= 15 is 0 Å². The number of halogens is 2. The molecule has 1 atom stereocenters. The van der Waals surface area contributed by atoms with Crippen molar-refractivity contribution in [1.82, 2.24) is 0 Å². The fourth-order valence-corrected chi connectivity index (χ4v) is 3.06. The van der Waals surface area contributed by atoms with Crippen molar-refractivity contribution in [1.29, 1.82) is 0 Å². The number of amides is 1. The summed E-state index contributed by atoms with van der Waals surface area (Å²) in [5.74, 6) is -1.37. The molecule has 0 aromatic heterocycles. The summed E-state index contributed by atoms with van der Waals surface area (Å²) < 4.78 is 5.83. The van der Waals surface area contributed by atoms with E-state index in [9.17, 15) is 14.7 Å². The van der Waals surface area contributed by atoms with E-state index in [2.05, 4.69) is 5.32 Å². The summed E-state index contributed by atoms with van der Waals surface area (Å²) in [6.07, 6.45) is 0.169. The molecule has 124 valence electrons. The van der Waals surface area contributed by atoms with Gasteiger partial charge in [-0.15, -0.1) is 0 Å². The maximum absolute atomic E-state index is 12.5. The number of carbonyl (C=O) groups excluding carboxylic acids is 1. The van der Waals surface area contributed by atoms with E-state index in [0.29, 0.717) is 21.3 Å². The maximum Gasteiger partial charge on any atom is 0.339 e. The van der Waals surface area contributed by atoms with Gasteiger partial charge in [-0.2, -0.15) is 0 Å². The van der Waals surface area contributed by atoms with Crippen LogP contribution in [0.4, 0.5) is 5.69 Å². The van der Waals surface area contributed by atoms with E-state index in [1.165, 1.54) is 6.07 Å². The van der Waals surface area contributed by atoms with Crippen LogP contribution in [0, 0.1) is 0 Å². The lowest BCUT2D eigenvalue weighted by Crippen LogP contribution is -2.50. The normalized spacial score (nSPS) is 19.2. The highest BCUT2D eigenvalue weighted by molar-refractivity contribution is 6.35. The zero-order valence-electron chi connectivity index (χ0n) is 12.6. The molecule has 0 aliphatic carbocycles. The quantitative estimate of drug-likeness (QED) is 0.860. The summed E-state index contributed by atoms with van der Waals surface area (Å²) in [4.78, 5) is 23.9. The Morgan fingerprint density at radius 3 is 2.71 bits per heavy atom. The molecule has 7 heteroatoms. The Morgan fingerprint density at radius 1 is 1.29 bits per heavy atom. The molecule has 2 aromatic rings. The molecular formula is C17H13Cl2NO4. The molecule has 1 unspecified atom stereocenters. The van der Waals surface area contributed by atoms with Crippen molar-refractivity contribution in [3.05, 3.63) is 57.6 Å². The zero-order valence-corrected chi connectivity index (χ0v) is 14.1. The summed E-state index contributed by atoms with van der Waals surface area (Å²) in [7, 11) is 0. The van der Waals surface area contributed by atoms with E-state index in [1.807, 2.05) is 0 Å². The van der Waals surface area contributed by atoms with E-state index < -0.39 is 11.6 Å². The number of aromatic carboxylic acids is 1. The highest BCUT2D eigenvalue weighted by atomic mass is 35.5. The minimum atomic E-state index is -1.30. The summed E-state index contributed by atoms with van der Waals surface area (Å²) in [5, 5.41) is 12.9. The van der Waals surface area contributed by atoms with E-state index in [4.69, 9.17) is 27.9 Å². The van der Waals surface area contributed by atoms with Gasteiger partial charge in [-0.05, 0) is 36.8 Å². The zero-order chi connectivity index (χ0) is 17.5. The number of para-hydroxylation sites is 1. The molecule has 1 aliphatic rings. The molecule has 0 radical (unpaired) electrons. The fraction of sp³-hybridized carbons (Fsp3) is 0.176. The van der Waals surface area contributed by atoms with Crippen LogP contribution in [-0.2, 0) is 11.2 Å². The van der Waals surface area contributed by atoms with E-state index in [1.54, 1.807) is 37.3 Å². The Balaban J connectivity index is 2.00. The van der Waals surface area contributed by atoms with Gasteiger partial charge in [0.15, 0.2) is 11.4 Å². The standard InChI is InChI=1S/C17H13Cl2NO4/c1-17(8-9-5-6-10(18)7-12(9)19)16(23)20-13-4-2-3-11(15(21)22)14(13)24-17/h2-7H,8H2,1H3,(H,20,23)(H,21,22). The number of nitrogens with one attached hydrogen (secondary N) is 1. The smallest absolute Gasteiger partial charge is 0.339 e. The number of hydrogen-bond acceptors (Lipinski definition) is 3. The fourth-order valence-electron chi connectivity index (χ4n) is 2.58. The van der Waals surface area contributed by atoms with Gasteiger partial charge in [0.05, 0.1) is 5.69 Å². The highest BCUT2D eigenvalue weighted by Gasteiger charge is 2.42. The van der Waals surface area contributed by atoms with Crippen LogP contribution in [0.5, 0.6) is 5.75 Å². The molecule has 0 fully saturated rings. The first-order chi connectivity index (χ1) is 11.3. The number of anilines is 1. The molecule has 0 saturated heterocycles. The van der Waals surface area contributed by atoms with Gasteiger partial charge in [-0.3, -0.25) is 4.79 Å². The maximum atomic E-state index is 12.5. The van der Waals surface area contributed by atoms with Crippen LogP contribution < -0.4 is 10.1 Å². The molecule has 1 heterocycles. The average molecular weight is 366 g/mol. The van der Waals surface area contributed by atoms with Gasteiger partial charge in [0.25, 0.3) is 5.91 Å². The van der Waals surface area contributed by atoms with Crippen LogP contribution >= 0.6 is 23.2 Å². The van der Waals surface area contributed by atoms with Crippen molar-refractivity contribution in [2.75, 3.05) is 5.32 Å². The number of ether oxygens (including phenoxy) is 1. The van der Waals surface area contributed by atoms with Crippen LogP contribution in [0.3, 0.4) is 0 Å². The lowest BCUT2D eigenvalue weighted by molar-refractivity contribution is -0.131. The molecule has 2 aromatic carbocycles. The van der Waals surface area contributed by atoms with Crippen molar-refractivity contribution >= 4 is 40.8 Å². The molecule has 1 amide bonds. The minimum absolute atomic E-state index is 0.0130. The van der Waals surface area contributed by atoms with E-state index in [0.717, 1.165) is 0 Å². The largest absolute Gasteiger partial charge is 0.478 e. The first-order valence-corrected chi connectivity index (χ1v) is 7.86. The van der Waals surface area contributed by atoms with Crippen molar-refractivity contribution in [3.8, 4) is 5.75 Å². The number of hydrogen-bond donors (Lipinski definition) is 2. The summed E-state index contributed by atoms with van der Waals surface area (Å²) in [5.41, 5.74) is -0.300. The molecule has 3 rings (SSSR count). The van der Waals surface area contributed by atoms with Gasteiger partial charge >= 0.3 is 5.97 Å². The molecular weight excluding hydrogens is 353 g/mol. The number of rotatable bonds is 3. The Morgan fingerprint density at radius 2 is 2.04 bits per heavy atom. The van der Waals surface area contributed by atoms with Crippen LogP contribution in [0.15, 0.2) is 36.4 Å². The molecule has 0 bridgehead atoms. The van der Waals surface area contributed by atoms with Gasteiger partial charge in [-0.25, -0.2) is 4.79 Å². The second kappa shape index (κ2) is 6.00. The van der Waals surface area contributed by atoms with Crippen molar-refractivity contribution in [3.63, 3.8) is 0 Å². The van der Waals surface area contributed by atoms with Crippen LogP contribution in [-0.4, -0.2) is 22.6 Å². The third-order valence-corrected chi connectivity index (χ3v) is 4.43. The molecule has 2 N–H and O–H groups in total. The second-order valence-corrected chi connectivity index (χ2v) is 6.53. The van der Waals surface area contributed by atoms with Crippen LogP contribution in [0.2, 0.25) is 10.0 Å². The number of benzene rings is 2. The number of carboxylic acids is 1. The van der Waals surface area contributed by atoms with Crippen molar-refractivity contribution < 1.29 is 19.4 Å². The number of fused-ring (bicyclic) bond motifs is 1. The van der Waals surface area contributed by atoms with Crippen LogP contribution in [0.25, 0.3) is 0 Å². The third-order valence-electron chi connectivity index (χ3n) is 3.84. The van der Waals surface area contributed by atoms with Crippen molar-refractivity contribution in [2.45, 2.75) is 18.9 Å². The van der Waals surface area contributed by atoms with Crippen LogP contribution in [0.1, 0.15) is 22.8 Å². The first-order valence-electron chi connectivity index (χ1n) is 7.11. The average Bonchev–Trinajstić information content (AvgIpc) is 2.51. The topological polar surface area (TPSA) is 75.6 Å². The molecule has 0 saturated carbocycles. The Bertz CT molecular complexity index is 852. The first kappa shape index (κ1) is 16.6.